The van der Waals surface area contributed by atoms with Crippen molar-refractivity contribution in [3.05, 3.63) is 35.4 Å². The first-order chi connectivity index (χ1) is 10.4. The topological polar surface area (TPSA) is 32.3 Å². The number of halogens is 4. The maximum atomic E-state index is 12.9. The number of rotatable bonds is 1. The third-order valence-electron chi connectivity index (χ3n) is 4.58. The highest BCUT2D eigenvalue weighted by Crippen LogP contribution is 2.33. The summed E-state index contributed by atoms with van der Waals surface area (Å²) in [5, 5.41) is 3.15. The average Bonchev–Trinajstić information content (AvgIpc) is 2.53. The number of likely N-dealkylation sites (tertiary alicyclic amines) is 1. The van der Waals surface area contributed by atoms with Crippen LogP contribution in [-0.2, 0) is 17.8 Å². The van der Waals surface area contributed by atoms with E-state index in [4.69, 9.17) is 0 Å². The first-order valence-corrected chi connectivity index (χ1v) is 7.61. The summed E-state index contributed by atoms with van der Waals surface area (Å²) in [5.74, 6) is -1.59. The van der Waals surface area contributed by atoms with E-state index in [1.165, 1.54) is 4.90 Å². The summed E-state index contributed by atoms with van der Waals surface area (Å²) >= 11 is 0. The fourth-order valence-electron chi connectivity index (χ4n) is 3.29. The number of carbonyl (C=O) groups is 1. The second-order valence-electron chi connectivity index (χ2n) is 6.07. The Morgan fingerprint density at radius 3 is 2.61 bits per heavy atom. The minimum atomic E-state index is -4.22. The zero-order valence-corrected chi connectivity index (χ0v) is 13.4. The van der Waals surface area contributed by atoms with Gasteiger partial charge < -0.3 is 10.2 Å². The number of carbonyl (C=O) groups excluding carboxylic acids is 1. The fraction of sp³-hybridized carbons (Fsp3) is 0.562. The summed E-state index contributed by atoms with van der Waals surface area (Å²) in [6.45, 7) is 0.802. The molecule has 0 spiro atoms. The highest BCUT2D eigenvalue weighted by molar-refractivity contribution is 5.85. The molecule has 1 saturated heterocycles. The van der Waals surface area contributed by atoms with Gasteiger partial charge in [-0.2, -0.15) is 13.2 Å². The first kappa shape index (κ1) is 18.1. The Balaban J connectivity index is 0.00000192. The molecule has 3 rings (SSSR count). The number of nitrogens with one attached hydrogen (secondary N) is 1. The van der Waals surface area contributed by atoms with Gasteiger partial charge >= 0.3 is 6.18 Å². The Morgan fingerprint density at radius 2 is 1.91 bits per heavy atom. The number of piperidine rings is 1. The van der Waals surface area contributed by atoms with Crippen LogP contribution in [0.2, 0.25) is 0 Å². The molecule has 1 aromatic carbocycles. The summed E-state index contributed by atoms with van der Waals surface area (Å²) in [7, 11) is 0. The van der Waals surface area contributed by atoms with Gasteiger partial charge in [-0.25, -0.2) is 0 Å². The highest BCUT2D eigenvalue weighted by Gasteiger charge is 2.43. The summed E-state index contributed by atoms with van der Waals surface area (Å²) in [6.07, 6.45) is -3.14. The van der Waals surface area contributed by atoms with Gasteiger partial charge in [0.1, 0.15) is 0 Å². The highest BCUT2D eigenvalue weighted by atomic mass is 35.5. The third-order valence-corrected chi connectivity index (χ3v) is 4.58. The van der Waals surface area contributed by atoms with Crippen molar-refractivity contribution in [2.45, 2.75) is 38.0 Å². The van der Waals surface area contributed by atoms with Crippen LogP contribution in [0.3, 0.4) is 0 Å². The van der Waals surface area contributed by atoms with E-state index in [-0.39, 0.29) is 31.3 Å². The maximum Gasteiger partial charge on any atom is 0.393 e. The van der Waals surface area contributed by atoms with Crippen molar-refractivity contribution in [3.8, 4) is 0 Å². The van der Waals surface area contributed by atoms with E-state index >= 15 is 0 Å². The van der Waals surface area contributed by atoms with Crippen molar-refractivity contribution < 1.29 is 18.0 Å². The maximum absolute atomic E-state index is 12.9. The smallest absolute Gasteiger partial charge is 0.341 e. The van der Waals surface area contributed by atoms with E-state index in [1.54, 1.807) is 0 Å². The molecule has 0 bridgehead atoms. The Labute approximate surface area is 139 Å². The molecule has 0 aliphatic carbocycles. The van der Waals surface area contributed by atoms with Gasteiger partial charge in [-0.3, -0.25) is 4.79 Å². The SMILES string of the molecule is Cl.O=C(C1Cc2ccccc2CN1)N1CCCC(C(F)(F)F)C1. The lowest BCUT2D eigenvalue weighted by molar-refractivity contribution is -0.188. The van der Waals surface area contributed by atoms with E-state index in [0.717, 1.165) is 11.1 Å². The number of benzene rings is 1. The predicted molar refractivity (Wildman–Crippen MR) is 83.4 cm³/mol. The van der Waals surface area contributed by atoms with Gasteiger partial charge in [0.25, 0.3) is 0 Å². The van der Waals surface area contributed by atoms with E-state index < -0.39 is 18.1 Å². The van der Waals surface area contributed by atoms with Crippen LogP contribution in [0.1, 0.15) is 24.0 Å². The molecular weight excluding hydrogens is 329 g/mol. The van der Waals surface area contributed by atoms with Gasteiger partial charge in [0.05, 0.1) is 12.0 Å². The summed E-state index contributed by atoms with van der Waals surface area (Å²) in [5.41, 5.74) is 2.25. The Morgan fingerprint density at radius 1 is 1.22 bits per heavy atom. The lowest BCUT2D eigenvalue weighted by atomic mass is 9.93. The molecular formula is C16H20ClF3N2O. The number of alkyl halides is 3. The fourth-order valence-corrected chi connectivity index (χ4v) is 3.29. The monoisotopic (exact) mass is 348 g/mol. The van der Waals surface area contributed by atoms with Crippen molar-refractivity contribution in [2.24, 2.45) is 5.92 Å². The van der Waals surface area contributed by atoms with Crippen molar-refractivity contribution in [3.63, 3.8) is 0 Å². The molecule has 128 valence electrons. The Hall–Kier alpha value is -1.27. The minimum absolute atomic E-state index is 0. The van der Waals surface area contributed by atoms with Crippen LogP contribution in [0.25, 0.3) is 0 Å². The van der Waals surface area contributed by atoms with Gasteiger partial charge in [-0.15, -0.1) is 12.4 Å². The van der Waals surface area contributed by atoms with Crippen molar-refractivity contribution in [2.75, 3.05) is 13.1 Å². The summed E-state index contributed by atoms with van der Waals surface area (Å²) < 4.78 is 38.6. The van der Waals surface area contributed by atoms with Crippen LogP contribution in [0.15, 0.2) is 24.3 Å². The van der Waals surface area contributed by atoms with Gasteiger partial charge in [0.15, 0.2) is 0 Å². The third kappa shape index (κ3) is 3.98. The second kappa shape index (κ2) is 7.09. The number of hydrogen-bond donors (Lipinski definition) is 1. The molecule has 1 fully saturated rings. The zero-order valence-electron chi connectivity index (χ0n) is 12.6. The van der Waals surface area contributed by atoms with E-state index in [9.17, 15) is 18.0 Å². The van der Waals surface area contributed by atoms with Gasteiger partial charge in [0.2, 0.25) is 5.91 Å². The molecule has 1 aromatic rings. The minimum Gasteiger partial charge on any atom is -0.341 e. The summed E-state index contributed by atoms with van der Waals surface area (Å²) in [6, 6.07) is 7.43. The largest absolute Gasteiger partial charge is 0.393 e. The van der Waals surface area contributed by atoms with Crippen LogP contribution in [0.5, 0.6) is 0 Å². The molecule has 2 heterocycles. The number of amides is 1. The van der Waals surface area contributed by atoms with E-state index in [0.29, 0.717) is 25.9 Å². The predicted octanol–water partition coefficient (Wildman–Crippen LogP) is 2.92. The zero-order chi connectivity index (χ0) is 15.7. The van der Waals surface area contributed by atoms with Gasteiger partial charge in [0, 0.05) is 19.6 Å². The van der Waals surface area contributed by atoms with Crippen molar-refractivity contribution in [1.29, 1.82) is 0 Å². The van der Waals surface area contributed by atoms with Crippen molar-refractivity contribution in [1.82, 2.24) is 10.2 Å². The molecule has 2 atom stereocenters. The quantitative estimate of drug-likeness (QED) is 0.846. The Kier molecular flexibility index (Phi) is 5.57. The number of nitrogens with zero attached hydrogens (tertiary/aromatic N) is 1. The lowest BCUT2D eigenvalue weighted by Gasteiger charge is -2.37. The molecule has 1 N–H and O–H groups in total. The normalized spacial score (nSPS) is 24.6. The molecule has 0 saturated carbocycles. The van der Waals surface area contributed by atoms with Crippen LogP contribution in [-0.4, -0.2) is 36.1 Å². The van der Waals surface area contributed by atoms with Crippen LogP contribution in [0, 0.1) is 5.92 Å². The van der Waals surface area contributed by atoms with Crippen molar-refractivity contribution >= 4 is 18.3 Å². The van der Waals surface area contributed by atoms with Crippen LogP contribution in [0.4, 0.5) is 13.2 Å². The van der Waals surface area contributed by atoms with Gasteiger partial charge in [-0.1, -0.05) is 24.3 Å². The van der Waals surface area contributed by atoms with Crippen LogP contribution < -0.4 is 5.32 Å². The summed E-state index contributed by atoms with van der Waals surface area (Å²) in [4.78, 5) is 13.9. The number of fused-ring (bicyclic) bond motifs is 1. The Bertz CT molecular complexity index is 565. The molecule has 2 aliphatic heterocycles. The average molecular weight is 349 g/mol. The second-order valence-corrected chi connectivity index (χ2v) is 6.07. The molecule has 7 heteroatoms. The van der Waals surface area contributed by atoms with Gasteiger partial charge in [-0.05, 0) is 30.4 Å². The van der Waals surface area contributed by atoms with Crippen LogP contribution >= 0.6 is 12.4 Å². The first-order valence-electron chi connectivity index (χ1n) is 7.61. The molecule has 23 heavy (non-hydrogen) atoms. The molecule has 2 unspecified atom stereocenters. The standard InChI is InChI=1S/C16H19F3N2O.ClH/c17-16(18,19)13-6-3-7-21(10-13)15(22)14-8-11-4-1-2-5-12(11)9-20-14;/h1-2,4-5,13-14,20H,3,6-10H2;1H. The van der Waals surface area contributed by atoms with E-state index in [1.807, 2.05) is 24.3 Å². The number of hydrogen-bond acceptors (Lipinski definition) is 2. The molecule has 2 aliphatic rings. The molecule has 0 aromatic heterocycles. The molecule has 3 nitrogen and oxygen atoms in total. The van der Waals surface area contributed by atoms with E-state index in [2.05, 4.69) is 5.32 Å². The molecule has 0 radical (unpaired) electrons. The lowest BCUT2D eigenvalue weighted by Crippen LogP contribution is -2.53. The molecule has 1 amide bonds.